The molecule has 2 aromatic rings. The number of nitrogens with one attached hydrogen (secondary N) is 1. The van der Waals surface area contributed by atoms with Crippen LogP contribution in [0.1, 0.15) is 56.3 Å². The summed E-state index contributed by atoms with van der Waals surface area (Å²) in [6.45, 7) is 5.45. The lowest BCUT2D eigenvalue weighted by atomic mass is 10.2. The molecule has 0 aliphatic heterocycles. The summed E-state index contributed by atoms with van der Waals surface area (Å²) in [5.41, 5.74) is 1.30. The van der Waals surface area contributed by atoms with Gasteiger partial charge in [0.25, 0.3) is 5.91 Å². The molecule has 27 heavy (non-hydrogen) atoms. The van der Waals surface area contributed by atoms with Crippen molar-refractivity contribution in [3.8, 4) is 11.5 Å². The highest BCUT2D eigenvalue weighted by molar-refractivity contribution is 9.10. The molecule has 0 unspecified atom stereocenters. The SMILES string of the molecule is CCCCCCCOc1ccc(NC(=O)c2ccc(OCC)c(Br)c2)cc1. The zero-order valence-corrected chi connectivity index (χ0v) is 17.7. The monoisotopic (exact) mass is 433 g/mol. The minimum Gasteiger partial charge on any atom is -0.494 e. The van der Waals surface area contributed by atoms with E-state index in [0.29, 0.717) is 12.2 Å². The lowest BCUT2D eigenvalue weighted by Crippen LogP contribution is -2.12. The maximum atomic E-state index is 12.4. The molecular formula is C22H28BrNO3. The average molecular weight is 434 g/mol. The van der Waals surface area contributed by atoms with E-state index in [4.69, 9.17) is 9.47 Å². The van der Waals surface area contributed by atoms with E-state index in [1.54, 1.807) is 18.2 Å². The van der Waals surface area contributed by atoms with Gasteiger partial charge in [-0.1, -0.05) is 32.6 Å². The van der Waals surface area contributed by atoms with Crippen molar-refractivity contribution in [3.05, 3.63) is 52.5 Å². The number of carbonyl (C=O) groups excluding carboxylic acids is 1. The fourth-order valence-corrected chi connectivity index (χ4v) is 3.14. The highest BCUT2D eigenvalue weighted by atomic mass is 79.9. The van der Waals surface area contributed by atoms with Crippen molar-refractivity contribution < 1.29 is 14.3 Å². The Morgan fingerprint density at radius 3 is 2.37 bits per heavy atom. The number of amides is 1. The van der Waals surface area contributed by atoms with Crippen molar-refractivity contribution in [2.75, 3.05) is 18.5 Å². The van der Waals surface area contributed by atoms with Gasteiger partial charge in [-0.15, -0.1) is 0 Å². The van der Waals surface area contributed by atoms with E-state index in [-0.39, 0.29) is 5.91 Å². The van der Waals surface area contributed by atoms with Gasteiger partial charge < -0.3 is 14.8 Å². The van der Waals surface area contributed by atoms with Crippen LogP contribution < -0.4 is 14.8 Å². The Morgan fingerprint density at radius 2 is 1.70 bits per heavy atom. The molecule has 0 aliphatic carbocycles. The normalized spacial score (nSPS) is 10.5. The van der Waals surface area contributed by atoms with E-state index in [0.717, 1.165) is 34.7 Å². The number of halogens is 1. The van der Waals surface area contributed by atoms with Crippen molar-refractivity contribution in [1.29, 1.82) is 0 Å². The quantitative estimate of drug-likeness (QED) is 0.414. The Hall–Kier alpha value is -2.01. The Morgan fingerprint density at radius 1 is 0.963 bits per heavy atom. The third-order valence-corrected chi connectivity index (χ3v) is 4.74. The van der Waals surface area contributed by atoms with Gasteiger partial charge in [0.15, 0.2) is 0 Å². The van der Waals surface area contributed by atoms with E-state index < -0.39 is 0 Å². The topological polar surface area (TPSA) is 47.6 Å². The summed E-state index contributed by atoms with van der Waals surface area (Å²) >= 11 is 3.43. The van der Waals surface area contributed by atoms with Gasteiger partial charge in [-0.05, 0) is 71.7 Å². The predicted molar refractivity (Wildman–Crippen MR) is 114 cm³/mol. The number of hydrogen-bond donors (Lipinski definition) is 1. The molecule has 0 fully saturated rings. The third-order valence-electron chi connectivity index (χ3n) is 4.12. The first-order valence-corrected chi connectivity index (χ1v) is 10.4. The number of hydrogen-bond acceptors (Lipinski definition) is 3. The Kier molecular flexibility index (Phi) is 9.19. The van der Waals surface area contributed by atoms with Crippen LogP contribution in [0, 0.1) is 0 Å². The molecule has 2 rings (SSSR count). The van der Waals surface area contributed by atoms with Crippen LogP contribution in [0.4, 0.5) is 5.69 Å². The number of ether oxygens (including phenoxy) is 2. The van der Waals surface area contributed by atoms with Gasteiger partial charge in [-0.3, -0.25) is 4.79 Å². The fourth-order valence-electron chi connectivity index (χ4n) is 2.65. The highest BCUT2D eigenvalue weighted by Crippen LogP contribution is 2.26. The smallest absolute Gasteiger partial charge is 0.255 e. The second-order valence-corrected chi connectivity index (χ2v) is 7.17. The fraction of sp³-hybridized carbons (Fsp3) is 0.409. The van der Waals surface area contributed by atoms with E-state index in [1.807, 2.05) is 31.2 Å². The molecule has 0 spiro atoms. The summed E-state index contributed by atoms with van der Waals surface area (Å²) in [6.07, 6.45) is 6.10. The van der Waals surface area contributed by atoms with Crippen LogP contribution in [-0.2, 0) is 0 Å². The molecule has 0 radical (unpaired) electrons. The first-order valence-electron chi connectivity index (χ1n) is 9.60. The van der Waals surface area contributed by atoms with Crippen LogP contribution in [0.3, 0.4) is 0 Å². The van der Waals surface area contributed by atoms with Crippen LogP contribution in [0.5, 0.6) is 11.5 Å². The minimum absolute atomic E-state index is 0.164. The molecule has 4 nitrogen and oxygen atoms in total. The predicted octanol–water partition coefficient (Wildman–Crippen LogP) is 6.45. The second-order valence-electron chi connectivity index (χ2n) is 6.32. The highest BCUT2D eigenvalue weighted by Gasteiger charge is 2.09. The maximum absolute atomic E-state index is 12.4. The van der Waals surface area contributed by atoms with E-state index in [1.165, 1.54) is 25.7 Å². The summed E-state index contributed by atoms with van der Waals surface area (Å²) in [7, 11) is 0. The molecule has 1 amide bonds. The molecule has 2 aromatic carbocycles. The zero-order valence-electron chi connectivity index (χ0n) is 16.1. The van der Waals surface area contributed by atoms with E-state index in [2.05, 4.69) is 28.2 Å². The van der Waals surface area contributed by atoms with Gasteiger partial charge in [-0.25, -0.2) is 0 Å². The standard InChI is InChI=1S/C22H28BrNO3/c1-3-5-6-7-8-15-27-19-12-10-18(11-13-19)24-22(25)17-9-14-21(26-4-2)20(23)16-17/h9-14,16H,3-8,15H2,1-2H3,(H,24,25). The number of rotatable bonds is 11. The summed E-state index contributed by atoms with van der Waals surface area (Å²) in [5, 5.41) is 2.90. The Balaban J connectivity index is 1.83. The van der Waals surface area contributed by atoms with Gasteiger partial charge in [-0.2, -0.15) is 0 Å². The van der Waals surface area contributed by atoms with E-state index >= 15 is 0 Å². The number of benzene rings is 2. The van der Waals surface area contributed by atoms with Gasteiger partial charge in [0.05, 0.1) is 17.7 Å². The number of unbranched alkanes of at least 4 members (excludes halogenated alkanes) is 4. The Labute approximate surface area is 170 Å². The first kappa shape index (κ1) is 21.3. The largest absolute Gasteiger partial charge is 0.494 e. The second kappa shape index (κ2) is 11.7. The molecule has 1 N–H and O–H groups in total. The van der Waals surface area contributed by atoms with Crippen LogP contribution in [0.25, 0.3) is 0 Å². The van der Waals surface area contributed by atoms with Crippen LogP contribution in [-0.4, -0.2) is 19.1 Å². The molecule has 146 valence electrons. The molecule has 0 atom stereocenters. The molecular weight excluding hydrogens is 406 g/mol. The van der Waals surface area contributed by atoms with Crippen molar-refractivity contribution in [1.82, 2.24) is 0 Å². The van der Waals surface area contributed by atoms with E-state index in [9.17, 15) is 4.79 Å². The average Bonchev–Trinajstić information content (AvgIpc) is 2.67. The first-order chi connectivity index (χ1) is 13.1. The lowest BCUT2D eigenvalue weighted by Gasteiger charge is -2.10. The number of carbonyl (C=O) groups is 1. The lowest BCUT2D eigenvalue weighted by molar-refractivity contribution is 0.102. The summed E-state index contributed by atoms with van der Waals surface area (Å²) in [6, 6.07) is 12.8. The molecule has 0 saturated heterocycles. The van der Waals surface area contributed by atoms with Gasteiger partial charge in [0, 0.05) is 11.3 Å². The van der Waals surface area contributed by atoms with Gasteiger partial charge >= 0.3 is 0 Å². The molecule has 0 aromatic heterocycles. The zero-order chi connectivity index (χ0) is 19.5. The van der Waals surface area contributed by atoms with Crippen LogP contribution in [0.15, 0.2) is 46.9 Å². The molecule has 0 bridgehead atoms. The van der Waals surface area contributed by atoms with Crippen molar-refractivity contribution in [3.63, 3.8) is 0 Å². The molecule has 0 aliphatic rings. The van der Waals surface area contributed by atoms with Gasteiger partial charge in [0.2, 0.25) is 0 Å². The molecule has 5 heteroatoms. The maximum Gasteiger partial charge on any atom is 0.255 e. The van der Waals surface area contributed by atoms with Gasteiger partial charge in [0.1, 0.15) is 11.5 Å². The van der Waals surface area contributed by atoms with Crippen molar-refractivity contribution in [2.24, 2.45) is 0 Å². The summed E-state index contributed by atoms with van der Waals surface area (Å²) in [4.78, 5) is 12.4. The third kappa shape index (κ3) is 7.25. The summed E-state index contributed by atoms with van der Waals surface area (Å²) in [5.74, 6) is 1.39. The van der Waals surface area contributed by atoms with Crippen LogP contribution >= 0.6 is 15.9 Å². The Bertz CT molecular complexity index is 716. The van der Waals surface area contributed by atoms with Crippen LogP contribution in [0.2, 0.25) is 0 Å². The molecule has 0 heterocycles. The van der Waals surface area contributed by atoms with Crippen molar-refractivity contribution in [2.45, 2.75) is 46.0 Å². The number of anilines is 1. The van der Waals surface area contributed by atoms with Crippen molar-refractivity contribution >= 4 is 27.5 Å². The summed E-state index contributed by atoms with van der Waals surface area (Å²) < 4.78 is 12.0. The molecule has 0 saturated carbocycles. The minimum atomic E-state index is -0.164.